The van der Waals surface area contributed by atoms with Gasteiger partial charge in [0.25, 0.3) is 0 Å². The molecule has 0 aromatic carbocycles. The number of hydrazine groups is 1. The summed E-state index contributed by atoms with van der Waals surface area (Å²) < 4.78 is 5.06. The van der Waals surface area contributed by atoms with E-state index >= 15 is 0 Å². The topological polar surface area (TPSA) is 60.2 Å². The van der Waals surface area contributed by atoms with Crippen molar-refractivity contribution in [3.05, 3.63) is 29.1 Å². The molecular formula is C10H17N3O. The molecule has 1 rings (SSSR count). The summed E-state index contributed by atoms with van der Waals surface area (Å²) in [5.41, 5.74) is 5.80. The van der Waals surface area contributed by atoms with E-state index in [1.165, 1.54) is 0 Å². The fourth-order valence-electron chi connectivity index (χ4n) is 1.46. The molecule has 1 aromatic rings. The number of aryl methyl sites for hydroxylation is 2. The van der Waals surface area contributed by atoms with E-state index in [0.29, 0.717) is 6.61 Å². The molecule has 1 heterocycles. The monoisotopic (exact) mass is 195 g/mol. The van der Waals surface area contributed by atoms with Gasteiger partial charge >= 0.3 is 0 Å². The molecule has 1 unspecified atom stereocenters. The molecule has 3 N–H and O–H groups in total. The van der Waals surface area contributed by atoms with Crippen LogP contribution in [0.4, 0.5) is 0 Å². The van der Waals surface area contributed by atoms with E-state index in [0.717, 1.165) is 17.0 Å². The van der Waals surface area contributed by atoms with Gasteiger partial charge < -0.3 is 4.74 Å². The van der Waals surface area contributed by atoms with Crippen molar-refractivity contribution >= 4 is 0 Å². The van der Waals surface area contributed by atoms with E-state index < -0.39 is 0 Å². The van der Waals surface area contributed by atoms with E-state index in [-0.39, 0.29) is 6.04 Å². The lowest BCUT2D eigenvalue weighted by molar-refractivity contribution is 0.167. The van der Waals surface area contributed by atoms with E-state index in [4.69, 9.17) is 10.6 Å². The highest BCUT2D eigenvalue weighted by Gasteiger charge is 2.12. The van der Waals surface area contributed by atoms with Crippen molar-refractivity contribution in [1.29, 1.82) is 0 Å². The summed E-state index contributed by atoms with van der Waals surface area (Å²) in [4.78, 5) is 4.37. The van der Waals surface area contributed by atoms with Gasteiger partial charge in [0.2, 0.25) is 0 Å². The van der Waals surface area contributed by atoms with Gasteiger partial charge in [0.05, 0.1) is 12.6 Å². The predicted octanol–water partition coefficient (Wildman–Crippen LogP) is 0.849. The van der Waals surface area contributed by atoms with Crippen LogP contribution in [0.2, 0.25) is 0 Å². The van der Waals surface area contributed by atoms with Gasteiger partial charge in [-0.05, 0) is 25.5 Å². The molecule has 0 fully saturated rings. The maximum Gasteiger partial charge on any atom is 0.0711 e. The van der Waals surface area contributed by atoms with Crippen LogP contribution in [0.1, 0.15) is 23.0 Å². The first-order valence-electron chi connectivity index (χ1n) is 4.58. The zero-order valence-corrected chi connectivity index (χ0v) is 8.87. The van der Waals surface area contributed by atoms with Crippen LogP contribution in [0.3, 0.4) is 0 Å². The van der Waals surface area contributed by atoms with Gasteiger partial charge in [0, 0.05) is 18.5 Å². The first-order valence-corrected chi connectivity index (χ1v) is 4.58. The molecular weight excluding hydrogens is 178 g/mol. The molecule has 4 nitrogen and oxygen atoms in total. The summed E-state index contributed by atoms with van der Waals surface area (Å²) in [6.07, 6.45) is 0. The standard InChI is InChI=1S/C10H17N3O/c1-7-4-5-9(8(2)12-7)10(13-11)6-14-3/h4-5,10,13H,6,11H2,1-3H3. The fourth-order valence-corrected chi connectivity index (χ4v) is 1.46. The number of pyridine rings is 1. The third-order valence-electron chi connectivity index (χ3n) is 2.18. The number of nitrogens with one attached hydrogen (secondary N) is 1. The number of ether oxygens (including phenoxy) is 1. The molecule has 0 saturated heterocycles. The Morgan fingerprint density at radius 3 is 2.71 bits per heavy atom. The number of methoxy groups -OCH3 is 1. The zero-order chi connectivity index (χ0) is 10.6. The maximum absolute atomic E-state index is 5.44. The quantitative estimate of drug-likeness (QED) is 0.552. The van der Waals surface area contributed by atoms with Crippen LogP contribution in [-0.4, -0.2) is 18.7 Å². The summed E-state index contributed by atoms with van der Waals surface area (Å²) in [7, 11) is 1.65. The SMILES string of the molecule is COCC(NN)c1ccc(C)nc1C. The minimum absolute atomic E-state index is 0.00750. The summed E-state index contributed by atoms with van der Waals surface area (Å²) in [6, 6.07) is 4.01. The van der Waals surface area contributed by atoms with Crippen molar-refractivity contribution in [2.75, 3.05) is 13.7 Å². The third-order valence-corrected chi connectivity index (χ3v) is 2.18. The molecule has 0 aliphatic heterocycles. The second-order valence-electron chi connectivity index (χ2n) is 3.30. The smallest absolute Gasteiger partial charge is 0.0711 e. The lowest BCUT2D eigenvalue weighted by Gasteiger charge is -2.17. The van der Waals surface area contributed by atoms with Crippen molar-refractivity contribution in [2.24, 2.45) is 5.84 Å². The van der Waals surface area contributed by atoms with E-state index in [1.807, 2.05) is 26.0 Å². The fraction of sp³-hybridized carbons (Fsp3) is 0.500. The summed E-state index contributed by atoms with van der Waals surface area (Å²) >= 11 is 0. The lowest BCUT2D eigenvalue weighted by atomic mass is 10.1. The molecule has 0 aliphatic carbocycles. The largest absolute Gasteiger partial charge is 0.383 e. The second kappa shape index (κ2) is 5.05. The minimum Gasteiger partial charge on any atom is -0.383 e. The third kappa shape index (κ3) is 2.51. The highest BCUT2D eigenvalue weighted by molar-refractivity contribution is 5.25. The second-order valence-corrected chi connectivity index (χ2v) is 3.30. The molecule has 0 amide bonds. The Hall–Kier alpha value is -0.970. The van der Waals surface area contributed by atoms with E-state index in [2.05, 4.69) is 10.4 Å². The van der Waals surface area contributed by atoms with Crippen LogP contribution in [0.15, 0.2) is 12.1 Å². The molecule has 14 heavy (non-hydrogen) atoms. The van der Waals surface area contributed by atoms with Gasteiger partial charge in [0.15, 0.2) is 0 Å². The number of nitrogens with zero attached hydrogens (tertiary/aromatic N) is 1. The van der Waals surface area contributed by atoms with Crippen LogP contribution in [0, 0.1) is 13.8 Å². The van der Waals surface area contributed by atoms with Crippen LogP contribution in [0.25, 0.3) is 0 Å². The van der Waals surface area contributed by atoms with Crippen molar-refractivity contribution in [2.45, 2.75) is 19.9 Å². The summed E-state index contributed by atoms with van der Waals surface area (Å²) in [6.45, 7) is 4.49. The molecule has 0 saturated carbocycles. The number of nitrogens with two attached hydrogens (primary N) is 1. The first kappa shape index (κ1) is 11.1. The van der Waals surface area contributed by atoms with Crippen molar-refractivity contribution in [1.82, 2.24) is 10.4 Å². The normalized spacial score (nSPS) is 12.9. The highest BCUT2D eigenvalue weighted by atomic mass is 16.5. The lowest BCUT2D eigenvalue weighted by Crippen LogP contribution is -2.31. The van der Waals surface area contributed by atoms with Gasteiger partial charge in [-0.3, -0.25) is 16.3 Å². The molecule has 0 aliphatic rings. The average Bonchev–Trinajstić information content (AvgIpc) is 2.15. The van der Waals surface area contributed by atoms with Gasteiger partial charge in [-0.25, -0.2) is 0 Å². The van der Waals surface area contributed by atoms with Crippen molar-refractivity contribution < 1.29 is 4.74 Å². The Morgan fingerprint density at radius 1 is 1.50 bits per heavy atom. The van der Waals surface area contributed by atoms with Crippen LogP contribution in [0.5, 0.6) is 0 Å². The van der Waals surface area contributed by atoms with E-state index in [9.17, 15) is 0 Å². The number of hydrogen-bond acceptors (Lipinski definition) is 4. The number of hydrogen-bond donors (Lipinski definition) is 2. The number of rotatable bonds is 4. The molecule has 1 atom stereocenters. The summed E-state index contributed by atoms with van der Waals surface area (Å²) in [5, 5.41) is 0. The predicted molar refractivity (Wildman–Crippen MR) is 55.7 cm³/mol. The molecule has 1 aromatic heterocycles. The average molecular weight is 195 g/mol. The van der Waals surface area contributed by atoms with Gasteiger partial charge in [0.1, 0.15) is 0 Å². The Balaban J connectivity index is 2.92. The zero-order valence-electron chi connectivity index (χ0n) is 8.87. The van der Waals surface area contributed by atoms with Crippen molar-refractivity contribution in [3.63, 3.8) is 0 Å². The molecule has 0 radical (unpaired) electrons. The Kier molecular flexibility index (Phi) is 4.00. The van der Waals surface area contributed by atoms with Crippen LogP contribution in [-0.2, 0) is 4.74 Å². The highest BCUT2D eigenvalue weighted by Crippen LogP contribution is 2.15. The van der Waals surface area contributed by atoms with Gasteiger partial charge in [-0.2, -0.15) is 0 Å². The van der Waals surface area contributed by atoms with Crippen LogP contribution >= 0.6 is 0 Å². The Labute approximate surface area is 84.4 Å². The number of aromatic nitrogens is 1. The first-order chi connectivity index (χ1) is 6.69. The van der Waals surface area contributed by atoms with Crippen LogP contribution < -0.4 is 11.3 Å². The Bertz CT molecular complexity index is 301. The van der Waals surface area contributed by atoms with Crippen molar-refractivity contribution in [3.8, 4) is 0 Å². The van der Waals surface area contributed by atoms with Gasteiger partial charge in [-0.15, -0.1) is 0 Å². The molecule has 4 heteroatoms. The maximum atomic E-state index is 5.44. The molecule has 78 valence electrons. The minimum atomic E-state index is 0.00750. The van der Waals surface area contributed by atoms with Gasteiger partial charge in [-0.1, -0.05) is 6.07 Å². The molecule has 0 bridgehead atoms. The summed E-state index contributed by atoms with van der Waals surface area (Å²) in [5.74, 6) is 5.44. The van der Waals surface area contributed by atoms with E-state index in [1.54, 1.807) is 7.11 Å². The Morgan fingerprint density at radius 2 is 2.21 bits per heavy atom. The molecule has 0 spiro atoms.